The fourth-order valence-electron chi connectivity index (χ4n) is 3.78. The van der Waals surface area contributed by atoms with E-state index >= 15 is 0 Å². The Morgan fingerprint density at radius 2 is 2.10 bits per heavy atom. The SMILES string of the molecule is CCC(=O)N1[C@@H](C(=O)NC2CC2)CO[C@@]12CCC[C@H](C)C2. The van der Waals surface area contributed by atoms with Gasteiger partial charge in [-0.3, -0.25) is 14.5 Å². The number of hydrogen-bond donors (Lipinski definition) is 1. The second-order valence-corrected chi connectivity index (χ2v) is 6.87. The topological polar surface area (TPSA) is 58.6 Å². The van der Waals surface area contributed by atoms with Gasteiger partial charge in [-0.25, -0.2) is 0 Å². The fraction of sp³-hybridized carbons (Fsp3) is 0.875. The van der Waals surface area contributed by atoms with Crippen LogP contribution in [0.1, 0.15) is 58.8 Å². The molecule has 3 rings (SSSR count). The lowest BCUT2D eigenvalue weighted by Crippen LogP contribution is -2.57. The molecule has 0 unspecified atom stereocenters. The van der Waals surface area contributed by atoms with Crippen molar-refractivity contribution in [2.45, 2.75) is 76.6 Å². The second kappa shape index (κ2) is 5.59. The Hall–Kier alpha value is -1.10. The van der Waals surface area contributed by atoms with Crippen LogP contribution in [0.2, 0.25) is 0 Å². The summed E-state index contributed by atoms with van der Waals surface area (Å²) < 4.78 is 6.07. The lowest BCUT2D eigenvalue weighted by molar-refractivity contribution is -0.162. The molecule has 3 fully saturated rings. The van der Waals surface area contributed by atoms with Crippen molar-refractivity contribution >= 4 is 11.8 Å². The minimum atomic E-state index is -0.531. The van der Waals surface area contributed by atoms with Gasteiger partial charge >= 0.3 is 0 Å². The van der Waals surface area contributed by atoms with Gasteiger partial charge in [0.2, 0.25) is 11.8 Å². The van der Waals surface area contributed by atoms with E-state index in [1.54, 1.807) is 4.90 Å². The fourth-order valence-corrected chi connectivity index (χ4v) is 3.78. The van der Waals surface area contributed by atoms with Crippen LogP contribution in [0.15, 0.2) is 0 Å². The molecule has 1 aliphatic heterocycles. The molecule has 3 aliphatic rings. The highest BCUT2D eigenvalue weighted by Crippen LogP contribution is 2.43. The monoisotopic (exact) mass is 294 g/mol. The van der Waals surface area contributed by atoms with Crippen LogP contribution in [-0.4, -0.2) is 41.1 Å². The van der Waals surface area contributed by atoms with Gasteiger partial charge in [0.25, 0.3) is 0 Å². The van der Waals surface area contributed by atoms with Gasteiger partial charge in [-0.1, -0.05) is 20.3 Å². The molecule has 1 heterocycles. The Labute approximate surface area is 126 Å². The molecule has 1 N–H and O–H groups in total. The first-order valence-corrected chi connectivity index (χ1v) is 8.32. The molecule has 0 aromatic carbocycles. The molecule has 1 spiro atoms. The van der Waals surface area contributed by atoms with Gasteiger partial charge in [-0.15, -0.1) is 0 Å². The maximum absolute atomic E-state index is 12.5. The number of ether oxygens (including phenoxy) is 1. The van der Waals surface area contributed by atoms with Crippen molar-refractivity contribution in [2.75, 3.05) is 6.61 Å². The van der Waals surface area contributed by atoms with E-state index < -0.39 is 11.8 Å². The van der Waals surface area contributed by atoms with Crippen molar-refractivity contribution in [1.29, 1.82) is 0 Å². The van der Waals surface area contributed by atoms with E-state index in [2.05, 4.69) is 12.2 Å². The number of hydrogen-bond acceptors (Lipinski definition) is 3. The largest absolute Gasteiger partial charge is 0.353 e. The average Bonchev–Trinajstić information content (AvgIpc) is 3.19. The van der Waals surface area contributed by atoms with E-state index in [-0.39, 0.29) is 11.8 Å². The van der Waals surface area contributed by atoms with Crippen LogP contribution in [0.25, 0.3) is 0 Å². The zero-order valence-electron chi connectivity index (χ0n) is 13.1. The van der Waals surface area contributed by atoms with Crippen molar-refractivity contribution in [3.05, 3.63) is 0 Å². The normalized spacial score (nSPS) is 36.0. The van der Waals surface area contributed by atoms with Crippen LogP contribution in [-0.2, 0) is 14.3 Å². The highest BCUT2D eigenvalue weighted by atomic mass is 16.5. The molecule has 0 bridgehead atoms. The third-order valence-corrected chi connectivity index (χ3v) is 4.99. The van der Waals surface area contributed by atoms with Crippen LogP contribution in [0.4, 0.5) is 0 Å². The van der Waals surface area contributed by atoms with Crippen LogP contribution < -0.4 is 5.32 Å². The molecular weight excluding hydrogens is 268 g/mol. The summed E-state index contributed by atoms with van der Waals surface area (Å²) in [5, 5.41) is 3.03. The van der Waals surface area contributed by atoms with Crippen LogP contribution in [0, 0.1) is 5.92 Å². The van der Waals surface area contributed by atoms with Gasteiger partial charge in [0.05, 0.1) is 6.61 Å². The van der Waals surface area contributed by atoms with E-state index in [0.29, 0.717) is 25.0 Å². The Bertz CT molecular complexity index is 433. The molecule has 5 nitrogen and oxygen atoms in total. The molecular formula is C16H26N2O3. The number of nitrogens with zero attached hydrogens (tertiary/aromatic N) is 1. The number of nitrogens with one attached hydrogen (secondary N) is 1. The third kappa shape index (κ3) is 2.80. The quantitative estimate of drug-likeness (QED) is 0.863. The summed E-state index contributed by atoms with van der Waals surface area (Å²) in [6.45, 7) is 4.41. The lowest BCUT2D eigenvalue weighted by atomic mass is 9.83. The third-order valence-electron chi connectivity index (χ3n) is 4.99. The molecule has 118 valence electrons. The summed E-state index contributed by atoms with van der Waals surface area (Å²) >= 11 is 0. The summed E-state index contributed by atoms with van der Waals surface area (Å²) in [5.41, 5.74) is -0.531. The zero-order chi connectivity index (χ0) is 15.0. The first-order chi connectivity index (χ1) is 10.1. The molecule has 3 atom stereocenters. The van der Waals surface area contributed by atoms with Crippen molar-refractivity contribution < 1.29 is 14.3 Å². The molecule has 2 aliphatic carbocycles. The lowest BCUT2D eigenvalue weighted by Gasteiger charge is -2.43. The van der Waals surface area contributed by atoms with Crippen LogP contribution in [0.5, 0.6) is 0 Å². The Morgan fingerprint density at radius 1 is 1.33 bits per heavy atom. The number of rotatable bonds is 3. The van der Waals surface area contributed by atoms with Gasteiger partial charge < -0.3 is 10.1 Å². The van der Waals surface area contributed by atoms with Gasteiger partial charge in [-0.05, 0) is 38.0 Å². The van der Waals surface area contributed by atoms with Crippen molar-refractivity contribution in [3.63, 3.8) is 0 Å². The van der Waals surface area contributed by atoms with E-state index in [1.807, 2.05) is 6.92 Å². The summed E-state index contributed by atoms with van der Waals surface area (Å²) in [5.74, 6) is 0.545. The molecule has 21 heavy (non-hydrogen) atoms. The first-order valence-electron chi connectivity index (χ1n) is 8.32. The summed E-state index contributed by atoms with van der Waals surface area (Å²) in [6.07, 6.45) is 6.49. The molecule has 0 aromatic rings. The maximum atomic E-state index is 12.5. The highest BCUT2D eigenvalue weighted by molar-refractivity contribution is 5.89. The average molecular weight is 294 g/mol. The molecule has 0 radical (unpaired) electrons. The van der Waals surface area contributed by atoms with Gasteiger partial charge in [0.1, 0.15) is 11.8 Å². The maximum Gasteiger partial charge on any atom is 0.245 e. The zero-order valence-corrected chi connectivity index (χ0v) is 13.1. The summed E-state index contributed by atoms with van der Waals surface area (Å²) in [7, 11) is 0. The van der Waals surface area contributed by atoms with Crippen LogP contribution >= 0.6 is 0 Å². The van der Waals surface area contributed by atoms with Gasteiger partial charge in [-0.2, -0.15) is 0 Å². The predicted molar refractivity (Wildman–Crippen MR) is 78.4 cm³/mol. The van der Waals surface area contributed by atoms with Gasteiger partial charge in [0, 0.05) is 12.5 Å². The van der Waals surface area contributed by atoms with E-state index in [0.717, 1.165) is 32.1 Å². The minimum Gasteiger partial charge on any atom is -0.353 e. The smallest absolute Gasteiger partial charge is 0.245 e. The van der Waals surface area contributed by atoms with Crippen molar-refractivity contribution in [3.8, 4) is 0 Å². The van der Waals surface area contributed by atoms with Crippen LogP contribution in [0.3, 0.4) is 0 Å². The molecule has 5 heteroatoms. The molecule has 0 aromatic heterocycles. The van der Waals surface area contributed by atoms with E-state index in [1.165, 1.54) is 6.42 Å². The van der Waals surface area contributed by atoms with Crippen molar-refractivity contribution in [1.82, 2.24) is 10.2 Å². The summed E-state index contributed by atoms with van der Waals surface area (Å²) in [6, 6.07) is -0.124. The van der Waals surface area contributed by atoms with E-state index in [4.69, 9.17) is 4.74 Å². The Morgan fingerprint density at radius 3 is 2.71 bits per heavy atom. The Kier molecular flexibility index (Phi) is 3.95. The number of carbonyl (C=O) groups is 2. The highest BCUT2D eigenvalue weighted by Gasteiger charge is 2.53. The first kappa shape index (κ1) is 14.8. The second-order valence-electron chi connectivity index (χ2n) is 6.87. The van der Waals surface area contributed by atoms with E-state index in [9.17, 15) is 9.59 Å². The number of carbonyl (C=O) groups excluding carboxylic acids is 2. The van der Waals surface area contributed by atoms with Gasteiger partial charge in [0.15, 0.2) is 0 Å². The minimum absolute atomic E-state index is 0.0330. The Balaban J connectivity index is 1.80. The molecule has 1 saturated heterocycles. The molecule has 2 amide bonds. The van der Waals surface area contributed by atoms with Crippen molar-refractivity contribution in [2.24, 2.45) is 5.92 Å². The summed E-state index contributed by atoms with van der Waals surface area (Å²) in [4.78, 5) is 26.7. The predicted octanol–water partition coefficient (Wildman–Crippen LogP) is 1.81. The standard InChI is InChI=1S/C16H26N2O3/c1-3-14(19)18-13(15(20)17-12-6-7-12)10-21-16(18)8-4-5-11(2)9-16/h11-13H,3-10H2,1-2H3,(H,17,20)/t11-,13+,16+/m0/s1. The number of amides is 2. The molecule has 2 saturated carbocycles.